The predicted molar refractivity (Wildman–Crippen MR) is 110 cm³/mol. The Balaban J connectivity index is 1.87. The summed E-state index contributed by atoms with van der Waals surface area (Å²) in [6, 6.07) is 20.7. The molecule has 0 unspecified atom stereocenters. The lowest BCUT2D eigenvalue weighted by molar-refractivity contribution is -0.138. The van der Waals surface area contributed by atoms with E-state index in [0.29, 0.717) is 6.61 Å². The van der Waals surface area contributed by atoms with Crippen molar-refractivity contribution in [3.63, 3.8) is 0 Å². The second-order valence-corrected chi connectivity index (χ2v) is 6.67. The van der Waals surface area contributed by atoms with E-state index in [1.807, 2.05) is 25.1 Å². The van der Waals surface area contributed by atoms with E-state index in [1.165, 1.54) is 16.2 Å². The molecule has 27 heavy (non-hydrogen) atoms. The van der Waals surface area contributed by atoms with Gasteiger partial charge in [-0.1, -0.05) is 67.9 Å². The third kappa shape index (κ3) is 3.00. The number of rotatable bonds is 5. The van der Waals surface area contributed by atoms with Gasteiger partial charge in [0.05, 0.1) is 6.61 Å². The summed E-state index contributed by atoms with van der Waals surface area (Å²) in [7, 11) is 0. The van der Waals surface area contributed by atoms with Crippen molar-refractivity contribution >= 4 is 44.4 Å². The number of hydrogen-bond acceptors (Lipinski definition) is 3. The van der Waals surface area contributed by atoms with Gasteiger partial charge in [-0.15, -0.1) is 0 Å². The van der Waals surface area contributed by atoms with E-state index in [0.717, 1.165) is 34.6 Å². The van der Waals surface area contributed by atoms with Crippen LogP contribution in [0.4, 0.5) is 0 Å². The summed E-state index contributed by atoms with van der Waals surface area (Å²) >= 11 is 0. The molecule has 0 fully saturated rings. The highest BCUT2D eigenvalue weighted by Crippen LogP contribution is 2.36. The molecule has 0 bridgehead atoms. The Morgan fingerprint density at radius 2 is 1.67 bits per heavy atom. The molecular formula is C24H19NO2. The number of unbranched alkanes of at least 4 members (excludes halogenated alkanes) is 1. The fourth-order valence-corrected chi connectivity index (χ4v) is 3.56. The number of nitriles is 1. The molecule has 3 nitrogen and oxygen atoms in total. The van der Waals surface area contributed by atoms with Crippen LogP contribution in [0.15, 0.2) is 60.2 Å². The Bertz CT molecular complexity index is 1200. The first-order chi connectivity index (χ1) is 13.2. The highest BCUT2D eigenvalue weighted by atomic mass is 16.5. The Morgan fingerprint density at radius 1 is 1.00 bits per heavy atom. The maximum absolute atomic E-state index is 12.2. The molecule has 0 radical (unpaired) electrons. The molecule has 0 saturated heterocycles. The SMILES string of the molecule is CCCCOC(=O)/C(C#N)=C/c1ccc2ccc3cccc4ccc1c2c34. The third-order valence-electron chi connectivity index (χ3n) is 4.93. The van der Waals surface area contributed by atoms with Gasteiger partial charge in [0.25, 0.3) is 0 Å². The van der Waals surface area contributed by atoms with E-state index >= 15 is 0 Å². The molecule has 0 heterocycles. The lowest BCUT2D eigenvalue weighted by Crippen LogP contribution is -2.07. The van der Waals surface area contributed by atoms with E-state index < -0.39 is 5.97 Å². The minimum atomic E-state index is -0.559. The fraction of sp³-hybridized carbons (Fsp3) is 0.167. The van der Waals surface area contributed by atoms with Crippen molar-refractivity contribution in [2.75, 3.05) is 6.61 Å². The zero-order chi connectivity index (χ0) is 18.8. The molecular weight excluding hydrogens is 334 g/mol. The maximum atomic E-state index is 12.2. The van der Waals surface area contributed by atoms with Crippen molar-refractivity contribution < 1.29 is 9.53 Å². The molecule has 0 atom stereocenters. The van der Waals surface area contributed by atoms with Gasteiger partial charge in [0.15, 0.2) is 0 Å². The highest BCUT2D eigenvalue weighted by Gasteiger charge is 2.14. The van der Waals surface area contributed by atoms with Gasteiger partial charge >= 0.3 is 5.97 Å². The van der Waals surface area contributed by atoms with Gasteiger partial charge in [-0.3, -0.25) is 0 Å². The number of hydrogen-bond donors (Lipinski definition) is 0. The standard InChI is InChI=1S/C24H19NO2/c1-2-3-13-27-24(26)20(15-25)14-19-10-9-18-8-7-16-5-4-6-17-11-12-21(19)23(18)22(16)17/h4-12,14H,2-3,13H2,1H3/b20-14+. The predicted octanol–water partition coefficient (Wildman–Crippen LogP) is 5.83. The van der Waals surface area contributed by atoms with Crippen molar-refractivity contribution in [2.24, 2.45) is 0 Å². The summed E-state index contributed by atoms with van der Waals surface area (Å²) in [6.45, 7) is 2.37. The first-order valence-electron chi connectivity index (χ1n) is 9.18. The van der Waals surface area contributed by atoms with Gasteiger partial charge in [0, 0.05) is 0 Å². The summed E-state index contributed by atoms with van der Waals surface area (Å²) in [5.41, 5.74) is 0.880. The van der Waals surface area contributed by atoms with Crippen molar-refractivity contribution in [1.29, 1.82) is 5.26 Å². The average molecular weight is 353 g/mol. The van der Waals surface area contributed by atoms with Crippen molar-refractivity contribution in [3.05, 3.63) is 65.7 Å². The smallest absolute Gasteiger partial charge is 0.348 e. The van der Waals surface area contributed by atoms with Crippen molar-refractivity contribution in [1.82, 2.24) is 0 Å². The number of esters is 1. The first kappa shape index (κ1) is 17.1. The fourth-order valence-electron chi connectivity index (χ4n) is 3.56. The van der Waals surface area contributed by atoms with Crippen LogP contribution in [0.1, 0.15) is 25.3 Å². The van der Waals surface area contributed by atoms with Crippen molar-refractivity contribution in [2.45, 2.75) is 19.8 Å². The van der Waals surface area contributed by atoms with E-state index in [-0.39, 0.29) is 5.57 Å². The zero-order valence-corrected chi connectivity index (χ0v) is 15.2. The molecule has 0 N–H and O–H groups in total. The van der Waals surface area contributed by atoms with Gasteiger partial charge < -0.3 is 4.74 Å². The molecule has 132 valence electrons. The van der Waals surface area contributed by atoms with Crippen LogP contribution >= 0.6 is 0 Å². The molecule has 4 rings (SSSR count). The number of carbonyl (C=O) groups is 1. The highest BCUT2D eigenvalue weighted by molar-refractivity contribution is 6.24. The normalized spacial score (nSPS) is 11.9. The maximum Gasteiger partial charge on any atom is 0.348 e. The summed E-state index contributed by atoms with van der Waals surface area (Å²) in [6.07, 6.45) is 3.37. The summed E-state index contributed by atoms with van der Waals surface area (Å²) in [5, 5.41) is 16.4. The minimum Gasteiger partial charge on any atom is -0.462 e. The number of benzene rings is 4. The number of nitrogens with zero attached hydrogens (tertiary/aromatic N) is 1. The van der Waals surface area contributed by atoms with Crippen LogP contribution in [-0.2, 0) is 9.53 Å². The molecule has 0 aromatic heterocycles. The van der Waals surface area contributed by atoms with E-state index in [2.05, 4.69) is 42.5 Å². The molecule has 3 heteroatoms. The van der Waals surface area contributed by atoms with E-state index in [9.17, 15) is 10.1 Å². The summed E-state index contributed by atoms with van der Waals surface area (Å²) < 4.78 is 5.20. The monoisotopic (exact) mass is 353 g/mol. The molecule has 0 spiro atoms. The van der Waals surface area contributed by atoms with Crippen LogP contribution in [0.3, 0.4) is 0 Å². The molecule has 0 aliphatic rings. The zero-order valence-electron chi connectivity index (χ0n) is 15.2. The van der Waals surface area contributed by atoms with Crippen LogP contribution in [0.5, 0.6) is 0 Å². The van der Waals surface area contributed by atoms with Gasteiger partial charge in [-0.05, 0) is 50.4 Å². The van der Waals surface area contributed by atoms with Crippen LogP contribution in [0.25, 0.3) is 38.4 Å². The molecule has 0 saturated carbocycles. The largest absolute Gasteiger partial charge is 0.462 e. The van der Waals surface area contributed by atoms with E-state index in [4.69, 9.17) is 4.74 Å². The number of carbonyl (C=O) groups excluding carboxylic acids is 1. The Morgan fingerprint density at radius 3 is 2.37 bits per heavy atom. The molecule has 0 aliphatic carbocycles. The van der Waals surface area contributed by atoms with Crippen LogP contribution in [-0.4, -0.2) is 12.6 Å². The molecule has 0 amide bonds. The van der Waals surface area contributed by atoms with Crippen LogP contribution < -0.4 is 0 Å². The summed E-state index contributed by atoms with van der Waals surface area (Å²) in [5.74, 6) is -0.559. The molecule has 4 aromatic rings. The topological polar surface area (TPSA) is 50.1 Å². The third-order valence-corrected chi connectivity index (χ3v) is 4.93. The van der Waals surface area contributed by atoms with Gasteiger partial charge in [-0.2, -0.15) is 5.26 Å². The minimum absolute atomic E-state index is 0.0288. The second kappa shape index (κ2) is 7.09. The first-order valence-corrected chi connectivity index (χ1v) is 9.18. The lowest BCUT2D eigenvalue weighted by Gasteiger charge is -2.12. The van der Waals surface area contributed by atoms with Crippen molar-refractivity contribution in [3.8, 4) is 6.07 Å². The van der Waals surface area contributed by atoms with Gasteiger partial charge in [-0.25, -0.2) is 4.79 Å². The Labute approximate surface area is 157 Å². The van der Waals surface area contributed by atoms with Crippen LogP contribution in [0.2, 0.25) is 0 Å². The summed E-state index contributed by atoms with van der Waals surface area (Å²) in [4.78, 5) is 12.2. The van der Waals surface area contributed by atoms with E-state index in [1.54, 1.807) is 6.08 Å². The molecule has 0 aliphatic heterocycles. The lowest BCUT2D eigenvalue weighted by atomic mass is 9.91. The van der Waals surface area contributed by atoms with Gasteiger partial charge in [0.1, 0.15) is 11.6 Å². The second-order valence-electron chi connectivity index (χ2n) is 6.67. The van der Waals surface area contributed by atoms with Crippen LogP contribution in [0, 0.1) is 11.3 Å². The Kier molecular flexibility index (Phi) is 4.48. The Hall–Kier alpha value is -3.38. The quantitative estimate of drug-likeness (QED) is 0.149. The molecule has 4 aromatic carbocycles. The average Bonchev–Trinajstić information content (AvgIpc) is 2.71. The number of ether oxygens (including phenoxy) is 1. The van der Waals surface area contributed by atoms with Gasteiger partial charge in [0.2, 0.25) is 0 Å².